The van der Waals surface area contributed by atoms with Gasteiger partial charge in [0.05, 0.1) is 16.8 Å². The lowest BCUT2D eigenvalue weighted by Gasteiger charge is -2.08. The molecular weight excluding hydrogens is 283 g/mol. The Bertz CT molecular complexity index is 742. The molecule has 1 N–H and O–H groups in total. The normalized spacial score (nSPS) is 11.1. The number of sulfonamides is 1. The minimum absolute atomic E-state index is 0.0467. The SMILES string of the molecule is CC(=O)c1cccc(S(=O)(=O)Nc2ccc(F)nc2)c1. The summed E-state index contributed by atoms with van der Waals surface area (Å²) in [5, 5.41) is 0. The van der Waals surface area contributed by atoms with Gasteiger partial charge in [-0.05, 0) is 31.2 Å². The second kappa shape index (κ2) is 5.38. The van der Waals surface area contributed by atoms with Gasteiger partial charge in [0, 0.05) is 5.56 Å². The summed E-state index contributed by atoms with van der Waals surface area (Å²) in [6.45, 7) is 1.35. The molecule has 2 aromatic rings. The first-order valence-corrected chi connectivity index (χ1v) is 7.12. The average molecular weight is 294 g/mol. The minimum atomic E-state index is -3.85. The van der Waals surface area contributed by atoms with Gasteiger partial charge in [0.1, 0.15) is 0 Å². The van der Waals surface area contributed by atoms with E-state index in [0.717, 1.165) is 12.3 Å². The Hall–Kier alpha value is -2.28. The highest BCUT2D eigenvalue weighted by Gasteiger charge is 2.15. The van der Waals surface area contributed by atoms with Crippen molar-refractivity contribution >= 4 is 21.5 Å². The smallest absolute Gasteiger partial charge is 0.261 e. The van der Waals surface area contributed by atoms with E-state index >= 15 is 0 Å². The van der Waals surface area contributed by atoms with Crippen molar-refractivity contribution in [2.45, 2.75) is 11.8 Å². The van der Waals surface area contributed by atoms with Crippen molar-refractivity contribution in [1.82, 2.24) is 4.98 Å². The van der Waals surface area contributed by atoms with Gasteiger partial charge in [0.25, 0.3) is 10.0 Å². The van der Waals surface area contributed by atoms with Crippen molar-refractivity contribution in [1.29, 1.82) is 0 Å². The van der Waals surface area contributed by atoms with Gasteiger partial charge in [-0.2, -0.15) is 4.39 Å². The molecule has 0 aliphatic heterocycles. The Kier molecular flexibility index (Phi) is 3.80. The van der Waals surface area contributed by atoms with Gasteiger partial charge in [-0.3, -0.25) is 9.52 Å². The van der Waals surface area contributed by atoms with E-state index in [1.807, 2.05) is 0 Å². The number of carbonyl (C=O) groups is 1. The van der Waals surface area contributed by atoms with Crippen LogP contribution in [0, 0.1) is 5.95 Å². The van der Waals surface area contributed by atoms with E-state index in [1.165, 1.54) is 37.3 Å². The molecule has 0 unspecified atom stereocenters. The summed E-state index contributed by atoms with van der Waals surface area (Å²) >= 11 is 0. The highest BCUT2D eigenvalue weighted by atomic mass is 32.2. The van der Waals surface area contributed by atoms with Crippen LogP contribution in [0.2, 0.25) is 0 Å². The summed E-state index contributed by atoms with van der Waals surface area (Å²) in [6, 6.07) is 7.96. The van der Waals surface area contributed by atoms with Crippen molar-refractivity contribution in [3.8, 4) is 0 Å². The first kappa shape index (κ1) is 14.1. The Morgan fingerprint density at radius 3 is 2.60 bits per heavy atom. The monoisotopic (exact) mass is 294 g/mol. The molecule has 5 nitrogen and oxygen atoms in total. The molecule has 0 amide bonds. The molecule has 0 spiro atoms. The third-order valence-electron chi connectivity index (χ3n) is 2.53. The summed E-state index contributed by atoms with van der Waals surface area (Å²) in [7, 11) is -3.85. The molecule has 0 bridgehead atoms. The standard InChI is InChI=1S/C13H11FN2O3S/c1-9(17)10-3-2-4-12(7-10)20(18,19)16-11-5-6-13(14)15-8-11/h2-8,16H,1H3. The molecular formula is C13H11FN2O3S. The van der Waals surface area contributed by atoms with E-state index < -0.39 is 16.0 Å². The molecule has 1 heterocycles. The predicted octanol–water partition coefficient (Wildman–Crippen LogP) is 2.22. The van der Waals surface area contributed by atoms with Crippen LogP contribution >= 0.6 is 0 Å². The number of ketones is 1. The van der Waals surface area contributed by atoms with Crippen LogP contribution in [-0.4, -0.2) is 19.2 Å². The fourth-order valence-corrected chi connectivity index (χ4v) is 2.62. The largest absolute Gasteiger partial charge is 0.295 e. The third-order valence-corrected chi connectivity index (χ3v) is 3.91. The summed E-state index contributed by atoms with van der Waals surface area (Å²) in [5.74, 6) is -0.933. The summed E-state index contributed by atoms with van der Waals surface area (Å²) < 4.78 is 39.2. The molecule has 0 atom stereocenters. The maximum absolute atomic E-state index is 12.7. The van der Waals surface area contributed by atoms with Gasteiger partial charge in [-0.15, -0.1) is 0 Å². The van der Waals surface area contributed by atoms with Gasteiger partial charge < -0.3 is 0 Å². The summed E-state index contributed by atoms with van der Waals surface area (Å²) in [6.07, 6.45) is 1.07. The third kappa shape index (κ3) is 3.18. The van der Waals surface area contributed by atoms with Crippen LogP contribution in [0.3, 0.4) is 0 Å². The molecule has 1 aromatic heterocycles. The lowest BCUT2D eigenvalue weighted by atomic mass is 10.2. The highest BCUT2D eigenvalue weighted by Crippen LogP contribution is 2.16. The van der Waals surface area contributed by atoms with Crippen LogP contribution in [0.1, 0.15) is 17.3 Å². The first-order chi connectivity index (χ1) is 9.38. The number of carbonyl (C=O) groups excluding carboxylic acids is 1. The van der Waals surface area contributed by atoms with Gasteiger partial charge in [0.15, 0.2) is 5.78 Å². The van der Waals surface area contributed by atoms with Crippen molar-refractivity contribution in [2.24, 2.45) is 0 Å². The minimum Gasteiger partial charge on any atom is -0.295 e. The van der Waals surface area contributed by atoms with Crippen LogP contribution in [0.4, 0.5) is 10.1 Å². The van der Waals surface area contributed by atoms with E-state index in [2.05, 4.69) is 9.71 Å². The topological polar surface area (TPSA) is 76.1 Å². The Balaban J connectivity index is 2.33. The number of anilines is 1. The fourth-order valence-electron chi connectivity index (χ4n) is 1.53. The zero-order chi connectivity index (χ0) is 14.8. The Morgan fingerprint density at radius 2 is 2.00 bits per heavy atom. The number of halogens is 1. The molecule has 0 radical (unpaired) electrons. The zero-order valence-corrected chi connectivity index (χ0v) is 11.3. The fraction of sp³-hybridized carbons (Fsp3) is 0.0769. The number of rotatable bonds is 4. The molecule has 0 saturated carbocycles. The second-order valence-electron chi connectivity index (χ2n) is 4.06. The summed E-state index contributed by atoms with van der Waals surface area (Å²) in [5.41, 5.74) is 0.435. The molecule has 0 fully saturated rings. The lowest BCUT2D eigenvalue weighted by molar-refractivity contribution is 0.101. The zero-order valence-electron chi connectivity index (χ0n) is 10.5. The Labute approximate surface area is 115 Å². The van der Waals surface area contributed by atoms with E-state index in [4.69, 9.17) is 0 Å². The van der Waals surface area contributed by atoms with Crippen molar-refractivity contribution < 1.29 is 17.6 Å². The summed E-state index contributed by atoms with van der Waals surface area (Å²) in [4.78, 5) is 14.6. The molecule has 104 valence electrons. The van der Waals surface area contributed by atoms with Crippen LogP contribution in [0.15, 0.2) is 47.5 Å². The molecule has 7 heteroatoms. The number of pyridine rings is 1. The molecule has 0 saturated heterocycles. The molecule has 0 aliphatic carbocycles. The number of hydrogen-bond donors (Lipinski definition) is 1. The number of nitrogens with zero attached hydrogens (tertiary/aromatic N) is 1. The van der Waals surface area contributed by atoms with E-state index in [0.29, 0.717) is 5.56 Å². The number of nitrogens with one attached hydrogen (secondary N) is 1. The number of aromatic nitrogens is 1. The molecule has 1 aromatic carbocycles. The highest BCUT2D eigenvalue weighted by molar-refractivity contribution is 7.92. The number of Topliss-reactive ketones (excluding diaryl/α,β-unsaturated/α-hetero) is 1. The van der Waals surface area contributed by atoms with Gasteiger partial charge in [0.2, 0.25) is 5.95 Å². The second-order valence-corrected chi connectivity index (χ2v) is 5.74. The quantitative estimate of drug-likeness (QED) is 0.693. The van der Waals surface area contributed by atoms with Crippen LogP contribution in [0.5, 0.6) is 0 Å². The maximum Gasteiger partial charge on any atom is 0.261 e. The Morgan fingerprint density at radius 1 is 1.25 bits per heavy atom. The lowest BCUT2D eigenvalue weighted by Crippen LogP contribution is -2.13. The van der Waals surface area contributed by atoms with Gasteiger partial charge in [-0.25, -0.2) is 13.4 Å². The van der Waals surface area contributed by atoms with Crippen molar-refractivity contribution in [2.75, 3.05) is 4.72 Å². The molecule has 20 heavy (non-hydrogen) atoms. The van der Waals surface area contributed by atoms with E-state index in [-0.39, 0.29) is 16.4 Å². The maximum atomic E-state index is 12.7. The van der Waals surface area contributed by atoms with Gasteiger partial charge in [-0.1, -0.05) is 12.1 Å². The van der Waals surface area contributed by atoms with E-state index in [9.17, 15) is 17.6 Å². The molecule has 0 aliphatic rings. The number of hydrogen-bond acceptors (Lipinski definition) is 4. The average Bonchev–Trinajstić information content (AvgIpc) is 2.41. The van der Waals surface area contributed by atoms with E-state index in [1.54, 1.807) is 0 Å². The molecule has 2 rings (SSSR count). The predicted molar refractivity (Wildman–Crippen MR) is 71.5 cm³/mol. The van der Waals surface area contributed by atoms with Crippen molar-refractivity contribution in [3.63, 3.8) is 0 Å². The van der Waals surface area contributed by atoms with Gasteiger partial charge >= 0.3 is 0 Å². The van der Waals surface area contributed by atoms with Crippen LogP contribution < -0.4 is 4.72 Å². The van der Waals surface area contributed by atoms with Crippen LogP contribution in [-0.2, 0) is 10.0 Å². The van der Waals surface area contributed by atoms with Crippen molar-refractivity contribution in [3.05, 3.63) is 54.1 Å². The number of benzene rings is 1. The van der Waals surface area contributed by atoms with Crippen LogP contribution in [0.25, 0.3) is 0 Å². The first-order valence-electron chi connectivity index (χ1n) is 5.64.